The number of aliphatic hydroxyl groups is 1. The van der Waals surface area contributed by atoms with E-state index in [2.05, 4.69) is 0 Å². The fourth-order valence-corrected chi connectivity index (χ4v) is 0.922. The fourth-order valence-electron chi connectivity index (χ4n) is 0.796. The number of aldehydes is 1. The van der Waals surface area contributed by atoms with Crippen molar-refractivity contribution in [2.24, 2.45) is 0 Å². The Bertz CT molecular complexity index is 271. The monoisotopic (exact) mass is 200 g/mol. The van der Waals surface area contributed by atoms with Crippen LogP contribution in [0.25, 0.3) is 0 Å². The molecular formula is C9H9ClO3. The summed E-state index contributed by atoms with van der Waals surface area (Å²) in [5, 5.41) is 9.26. The van der Waals surface area contributed by atoms with Crippen LogP contribution in [0, 0.1) is 0 Å². The normalized spacial score (nSPS) is 12.2. The quantitative estimate of drug-likeness (QED) is 0.745. The summed E-state index contributed by atoms with van der Waals surface area (Å²) in [5.74, 6) is 0.510. The molecule has 0 aromatic heterocycles. The number of rotatable bonds is 4. The summed E-state index contributed by atoms with van der Waals surface area (Å²) in [5.41, 5.74) is 0. The van der Waals surface area contributed by atoms with Gasteiger partial charge in [-0.1, -0.05) is 11.6 Å². The molecule has 1 atom stereocenters. The van der Waals surface area contributed by atoms with E-state index in [-0.39, 0.29) is 6.61 Å². The Morgan fingerprint density at radius 1 is 1.46 bits per heavy atom. The maximum atomic E-state index is 10.3. The van der Waals surface area contributed by atoms with E-state index in [1.165, 1.54) is 0 Å². The molecule has 4 heteroatoms. The van der Waals surface area contributed by atoms with Gasteiger partial charge in [0.1, 0.15) is 5.75 Å². The predicted octanol–water partition coefficient (Wildman–Crippen LogP) is 1.28. The number of benzene rings is 1. The zero-order chi connectivity index (χ0) is 9.68. The Hall–Kier alpha value is -1.06. The van der Waals surface area contributed by atoms with Crippen LogP contribution in [-0.4, -0.2) is 24.1 Å². The van der Waals surface area contributed by atoms with E-state index in [9.17, 15) is 4.79 Å². The molecule has 1 aromatic rings. The molecule has 3 nitrogen and oxygen atoms in total. The van der Waals surface area contributed by atoms with Crippen LogP contribution in [0.1, 0.15) is 0 Å². The highest BCUT2D eigenvalue weighted by Crippen LogP contribution is 2.16. The lowest BCUT2D eigenvalue weighted by molar-refractivity contribution is -0.115. The molecular weight excluding hydrogens is 192 g/mol. The SMILES string of the molecule is O=CC(CO)Oc1ccc(Cl)cc1. The van der Waals surface area contributed by atoms with Gasteiger partial charge in [0.2, 0.25) is 0 Å². The van der Waals surface area contributed by atoms with Gasteiger partial charge in [-0.3, -0.25) is 4.79 Å². The zero-order valence-electron chi connectivity index (χ0n) is 6.81. The summed E-state index contributed by atoms with van der Waals surface area (Å²) in [7, 11) is 0. The molecule has 0 fully saturated rings. The average Bonchev–Trinajstić information content (AvgIpc) is 2.17. The van der Waals surface area contributed by atoms with Crippen LogP contribution in [0.3, 0.4) is 0 Å². The van der Waals surface area contributed by atoms with Gasteiger partial charge in [0.05, 0.1) is 6.61 Å². The number of aliphatic hydroxyl groups excluding tert-OH is 1. The summed E-state index contributed by atoms with van der Waals surface area (Å²) < 4.78 is 5.09. The van der Waals surface area contributed by atoms with Gasteiger partial charge in [-0.25, -0.2) is 0 Å². The number of carbonyl (C=O) groups excluding carboxylic acids is 1. The molecule has 1 aromatic carbocycles. The standard InChI is InChI=1S/C9H9ClO3/c10-7-1-3-8(4-2-7)13-9(5-11)6-12/h1-5,9,12H,6H2. The van der Waals surface area contributed by atoms with Crippen LogP contribution in [-0.2, 0) is 4.79 Å². The Morgan fingerprint density at radius 3 is 2.54 bits per heavy atom. The van der Waals surface area contributed by atoms with Crippen molar-refractivity contribution in [3.8, 4) is 5.75 Å². The minimum atomic E-state index is -0.804. The smallest absolute Gasteiger partial charge is 0.176 e. The number of carbonyl (C=O) groups is 1. The van der Waals surface area contributed by atoms with Crippen molar-refractivity contribution < 1.29 is 14.6 Å². The van der Waals surface area contributed by atoms with Crippen molar-refractivity contribution >= 4 is 17.9 Å². The molecule has 13 heavy (non-hydrogen) atoms. The van der Waals surface area contributed by atoms with Crippen molar-refractivity contribution in [1.82, 2.24) is 0 Å². The summed E-state index contributed by atoms with van der Waals surface area (Å²) in [6.45, 7) is -0.327. The van der Waals surface area contributed by atoms with E-state index in [0.29, 0.717) is 17.1 Å². The molecule has 1 N–H and O–H groups in total. The van der Waals surface area contributed by atoms with Gasteiger partial charge in [0.15, 0.2) is 12.4 Å². The van der Waals surface area contributed by atoms with Gasteiger partial charge in [0, 0.05) is 5.02 Å². The summed E-state index contributed by atoms with van der Waals surface area (Å²) in [6.07, 6.45) is -0.254. The third-order valence-electron chi connectivity index (χ3n) is 1.43. The minimum absolute atomic E-state index is 0.327. The van der Waals surface area contributed by atoms with Gasteiger partial charge in [-0.15, -0.1) is 0 Å². The second-order valence-corrected chi connectivity index (χ2v) is 2.87. The summed E-state index contributed by atoms with van der Waals surface area (Å²) in [4.78, 5) is 10.3. The summed E-state index contributed by atoms with van der Waals surface area (Å²) in [6, 6.07) is 6.56. The lowest BCUT2D eigenvalue weighted by Gasteiger charge is -2.10. The van der Waals surface area contributed by atoms with E-state index in [1.807, 2.05) is 0 Å². The molecule has 0 saturated heterocycles. The highest BCUT2D eigenvalue weighted by molar-refractivity contribution is 6.30. The van der Waals surface area contributed by atoms with E-state index in [4.69, 9.17) is 21.4 Å². The second-order valence-electron chi connectivity index (χ2n) is 2.43. The third-order valence-corrected chi connectivity index (χ3v) is 1.68. The molecule has 0 saturated carbocycles. The van der Waals surface area contributed by atoms with Gasteiger partial charge >= 0.3 is 0 Å². The lowest BCUT2D eigenvalue weighted by atomic mass is 10.3. The minimum Gasteiger partial charge on any atom is -0.481 e. The third kappa shape index (κ3) is 3.05. The van der Waals surface area contributed by atoms with E-state index >= 15 is 0 Å². The predicted molar refractivity (Wildman–Crippen MR) is 49.0 cm³/mol. The highest BCUT2D eigenvalue weighted by Gasteiger charge is 2.06. The molecule has 0 bridgehead atoms. The van der Waals surface area contributed by atoms with Gasteiger partial charge in [-0.05, 0) is 24.3 Å². The second kappa shape index (κ2) is 4.84. The Kier molecular flexibility index (Phi) is 3.73. The zero-order valence-corrected chi connectivity index (χ0v) is 7.57. The van der Waals surface area contributed by atoms with E-state index in [0.717, 1.165) is 0 Å². The number of ether oxygens (including phenoxy) is 1. The van der Waals surface area contributed by atoms with Crippen molar-refractivity contribution in [2.75, 3.05) is 6.61 Å². The van der Waals surface area contributed by atoms with E-state index in [1.54, 1.807) is 24.3 Å². The Labute approximate surface area is 80.9 Å². The first-order valence-electron chi connectivity index (χ1n) is 3.74. The van der Waals surface area contributed by atoms with Crippen molar-refractivity contribution in [3.63, 3.8) is 0 Å². The first-order chi connectivity index (χ1) is 6.26. The summed E-state index contributed by atoms with van der Waals surface area (Å²) >= 11 is 5.64. The van der Waals surface area contributed by atoms with Crippen LogP contribution in [0.4, 0.5) is 0 Å². The molecule has 70 valence electrons. The van der Waals surface area contributed by atoms with Gasteiger partial charge in [0.25, 0.3) is 0 Å². The van der Waals surface area contributed by atoms with Crippen LogP contribution in [0.2, 0.25) is 5.02 Å². The van der Waals surface area contributed by atoms with Gasteiger partial charge in [-0.2, -0.15) is 0 Å². The molecule has 0 aliphatic heterocycles. The number of halogens is 1. The van der Waals surface area contributed by atoms with Crippen molar-refractivity contribution in [3.05, 3.63) is 29.3 Å². The Balaban J connectivity index is 2.63. The molecule has 0 aliphatic rings. The molecule has 0 radical (unpaired) electrons. The first kappa shape index (κ1) is 10.0. The Morgan fingerprint density at radius 2 is 2.08 bits per heavy atom. The number of hydrogen-bond donors (Lipinski definition) is 1. The number of hydrogen-bond acceptors (Lipinski definition) is 3. The molecule has 1 rings (SSSR count). The molecule has 0 spiro atoms. The molecule has 1 unspecified atom stereocenters. The maximum absolute atomic E-state index is 10.3. The van der Waals surface area contributed by atoms with Crippen molar-refractivity contribution in [1.29, 1.82) is 0 Å². The molecule has 0 heterocycles. The van der Waals surface area contributed by atoms with Crippen LogP contribution in [0.5, 0.6) is 5.75 Å². The topological polar surface area (TPSA) is 46.5 Å². The lowest BCUT2D eigenvalue weighted by Crippen LogP contribution is -2.22. The largest absolute Gasteiger partial charge is 0.481 e. The van der Waals surface area contributed by atoms with Crippen LogP contribution in [0.15, 0.2) is 24.3 Å². The maximum Gasteiger partial charge on any atom is 0.176 e. The van der Waals surface area contributed by atoms with Crippen LogP contribution < -0.4 is 4.74 Å². The van der Waals surface area contributed by atoms with Gasteiger partial charge < -0.3 is 9.84 Å². The highest BCUT2D eigenvalue weighted by atomic mass is 35.5. The van der Waals surface area contributed by atoms with Crippen LogP contribution >= 0.6 is 11.6 Å². The van der Waals surface area contributed by atoms with Crippen molar-refractivity contribution in [2.45, 2.75) is 6.10 Å². The fraction of sp³-hybridized carbons (Fsp3) is 0.222. The average molecular weight is 201 g/mol. The van der Waals surface area contributed by atoms with E-state index < -0.39 is 6.10 Å². The molecule has 0 amide bonds. The molecule has 0 aliphatic carbocycles. The first-order valence-corrected chi connectivity index (χ1v) is 4.12.